The molecular formula is C47H28F4N6. The van der Waals surface area contributed by atoms with E-state index in [1.54, 1.807) is 72.8 Å². The zero-order valence-corrected chi connectivity index (χ0v) is 29.9. The van der Waals surface area contributed by atoms with E-state index < -0.39 is 51.9 Å². The maximum atomic E-state index is 17.0. The molecule has 0 spiro atoms. The largest absolute Gasteiger partial charge is 0.306 e. The Labute approximate surface area is 325 Å². The van der Waals surface area contributed by atoms with Gasteiger partial charge in [-0.05, 0) is 72.8 Å². The summed E-state index contributed by atoms with van der Waals surface area (Å²) in [7, 11) is 0. The molecule has 3 aliphatic rings. The van der Waals surface area contributed by atoms with Gasteiger partial charge in [-0.1, -0.05) is 84.9 Å². The molecule has 0 atom stereocenters. The van der Waals surface area contributed by atoms with E-state index in [1.807, 2.05) is 94.7 Å². The zero-order chi connectivity index (χ0) is 39.1. The van der Waals surface area contributed by atoms with Crippen LogP contribution in [-0.4, -0.2) is 0 Å². The second-order valence-corrected chi connectivity index (χ2v) is 14.0. The van der Waals surface area contributed by atoms with E-state index >= 15 is 17.6 Å². The van der Waals surface area contributed by atoms with Gasteiger partial charge >= 0.3 is 0 Å². The summed E-state index contributed by atoms with van der Waals surface area (Å²) >= 11 is 0. The highest BCUT2D eigenvalue weighted by molar-refractivity contribution is 6.07. The second-order valence-electron chi connectivity index (χ2n) is 14.0. The third-order valence-electron chi connectivity index (χ3n) is 10.8. The lowest BCUT2D eigenvalue weighted by atomic mass is 9.89. The fraction of sp³-hybridized carbons (Fsp3) is 0.0638. The van der Waals surface area contributed by atoms with E-state index in [-0.39, 0.29) is 0 Å². The number of hydrogen-bond donors (Lipinski definition) is 0. The quantitative estimate of drug-likeness (QED) is 0.167. The summed E-state index contributed by atoms with van der Waals surface area (Å²) < 4.78 is 67.9. The Hall–Kier alpha value is -7.56. The summed E-state index contributed by atoms with van der Waals surface area (Å²) in [6.07, 6.45) is -1.84. The molecule has 7 aromatic rings. The van der Waals surface area contributed by atoms with Crippen LogP contribution in [0, 0.1) is 22.7 Å². The number of nitriles is 2. The molecule has 10 rings (SSSR count). The Bertz CT molecular complexity index is 2560. The number of benzene rings is 7. The number of rotatable bonds is 4. The van der Waals surface area contributed by atoms with Crippen molar-refractivity contribution in [1.82, 2.24) is 0 Å². The number of anilines is 12. The normalized spacial score (nSPS) is 15.4. The first-order valence-corrected chi connectivity index (χ1v) is 18.2. The maximum absolute atomic E-state index is 17.0. The van der Waals surface area contributed by atoms with E-state index in [2.05, 4.69) is 12.1 Å². The zero-order valence-electron chi connectivity index (χ0n) is 29.9. The van der Waals surface area contributed by atoms with Crippen LogP contribution in [0.25, 0.3) is 0 Å². The van der Waals surface area contributed by atoms with Gasteiger partial charge in [0, 0.05) is 11.4 Å². The van der Waals surface area contributed by atoms with Gasteiger partial charge in [0.15, 0.2) is 0 Å². The van der Waals surface area contributed by atoms with Crippen molar-refractivity contribution in [2.75, 3.05) is 19.6 Å². The molecule has 0 fully saturated rings. The van der Waals surface area contributed by atoms with Crippen molar-refractivity contribution in [1.29, 1.82) is 10.5 Å². The minimum atomic E-state index is -4.12. The van der Waals surface area contributed by atoms with E-state index in [0.29, 0.717) is 45.5 Å². The predicted molar refractivity (Wildman–Crippen MR) is 214 cm³/mol. The van der Waals surface area contributed by atoms with Crippen molar-refractivity contribution < 1.29 is 17.6 Å². The molecule has 0 unspecified atom stereocenters. The molecule has 0 amide bonds. The van der Waals surface area contributed by atoms with Crippen LogP contribution in [-0.2, 0) is 11.8 Å². The van der Waals surface area contributed by atoms with Crippen LogP contribution in [0.5, 0.6) is 0 Å². The lowest BCUT2D eigenvalue weighted by molar-refractivity contribution is -0.0920. The Morgan fingerprint density at radius 2 is 0.614 bits per heavy atom. The van der Waals surface area contributed by atoms with Gasteiger partial charge in [-0.3, -0.25) is 0 Å². The van der Waals surface area contributed by atoms with Crippen LogP contribution < -0.4 is 19.6 Å². The molecule has 57 heavy (non-hydrogen) atoms. The molecule has 2 aliphatic heterocycles. The minimum Gasteiger partial charge on any atom is -0.306 e. The number of fused-ring (bicyclic) bond motifs is 5. The van der Waals surface area contributed by atoms with Crippen LogP contribution >= 0.6 is 0 Å². The number of halogens is 4. The molecule has 10 heteroatoms. The van der Waals surface area contributed by atoms with E-state index in [1.165, 1.54) is 9.80 Å². The third kappa shape index (κ3) is 4.87. The van der Waals surface area contributed by atoms with Crippen LogP contribution in [0.1, 0.15) is 28.7 Å². The molecule has 0 N–H and O–H groups in total. The first kappa shape index (κ1) is 34.0. The fourth-order valence-corrected chi connectivity index (χ4v) is 8.64. The van der Waals surface area contributed by atoms with Crippen molar-refractivity contribution in [3.63, 3.8) is 0 Å². The summed E-state index contributed by atoms with van der Waals surface area (Å²) in [4.78, 5) is 6.83. The molecular weight excluding hydrogens is 725 g/mol. The van der Waals surface area contributed by atoms with Gasteiger partial charge in [0.1, 0.15) is 12.1 Å². The van der Waals surface area contributed by atoms with Crippen LogP contribution in [0.4, 0.5) is 85.8 Å². The SMILES string of the molecule is N#Cc1c(C#N)c(N2c3ccccc3N(c3ccccc3)c3ccccc32)c2c(c1N1c3ccccc3N(c3ccccc3)c3ccccc31)C(F)(F)CC2(F)F. The monoisotopic (exact) mass is 752 g/mol. The van der Waals surface area contributed by atoms with Gasteiger partial charge in [0.25, 0.3) is 11.8 Å². The first-order chi connectivity index (χ1) is 27.7. The highest BCUT2D eigenvalue weighted by Gasteiger charge is 2.61. The Kier molecular flexibility index (Phi) is 7.44. The fourth-order valence-electron chi connectivity index (χ4n) is 8.64. The lowest BCUT2D eigenvalue weighted by Crippen LogP contribution is -2.29. The van der Waals surface area contributed by atoms with E-state index in [9.17, 15) is 10.5 Å². The minimum absolute atomic E-state index is 0.369. The lowest BCUT2D eigenvalue weighted by Gasteiger charge is -2.43. The molecule has 1 aliphatic carbocycles. The van der Waals surface area contributed by atoms with Crippen LogP contribution in [0.15, 0.2) is 158 Å². The molecule has 0 saturated carbocycles. The van der Waals surface area contributed by atoms with Crippen molar-refractivity contribution in [3.8, 4) is 12.1 Å². The number of alkyl halides is 4. The molecule has 274 valence electrons. The Morgan fingerprint density at radius 1 is 0.368 bits per heavy atom. The van der Waals surface area contributed by atoms with Gasteiger partial charge in [0.2, 0.25) is 0 Å². The van der Waals surface area contributed by atoms with Gasteiger partial charge < -0.3 is 19.6 Å². The third-order valence-corrected chi connectivity index (χ3v) is 10.8. The van der Waals surface area contributed by atoms with Crippen molar-refractivity contribution in [2.24, 2.45) is 0 Å². The molecule has 0 bridgehead atoms. The highest BCUT2D eigenvalue weighted by atomic mass is 19.3. The summed E-state index contributed by atoms with van der Waals surface area (Å²) in [5, 5.41) is 22.3. The van der Waals surface area contributed by atoms with E-state index in [0.717, 1.165) is 11.4 Å². The summed E-state index contributed by atoms with van der Waals surface area (Å²) in [5.41, 5.74) is 1.52. The van der Waals surface area contributed by atoms with Crippen molar-refractivity contribution in [2.45, 2.75) is 18.3 Å². The van der Waals surface area contributed by atoms with Crippen LogP contribution in [0.3, 0.4) is 0 Å². The summed E-state index contributed by atoms with van der Waals surface area (Å²) in [6, 6.07) is 51.2. The predicted octanol–water partition coefficient (Wildman–Crippen LogP) is 13.5. The molecule has 0 radical (unpaired) electrons. The smallest absolute Gasteiger partial charge is 0.281 e. The van der Waals surface area contributed by atoms with Gasteiger partial charge in [-0.25, -0.2) is 17.6 Å². The second kappa shape index (κ2) is 12.5. The first-order valence-electron chi connectivity index (χ1n) is 18.2. The highest BCUT2D eigenvalue weighted by Crippen LogP contribution is 2.66. The van der Waals surface area contributed by atoms with Crippen LogP contribution in [0.2, 0.25) is 0 Å². The van der Waals surface area contributed by atoms with Gasteiger partial charge in [-0.2, -0.15) is 10.5 Å². The maximum Gasteiger partial charge on any atom is 0.281 e. The average molecular weight is 753 g/mol. The molecule has 6 nitrogen and oxygen atoms in total. The molecule has 0 saturated heterocycles. The Morgan fingerprint density at radius 3 is 0.877 bits per heavy atom. The summed E-state index contributed by atoms with van der Waals surface area (Å²) in [5.74, 6) is -8.23. The topological polar surface area (TPSA) is 60.5 Å². The van der Waals surface area contributed by atoms with Gasteiger partial charge in [0.05, 0.1) is 85.5 Å². The average Bonchev–Trinajstić information content (AvgIpc) is 3.44. The Balaban J connectivity index is 1.32. The van der Waals surface area contributed by atoms with Gasteiger partial charge in [-0.15, -0.1) is 0 Å². The van der Waals surface area contributed by atoms with E-state index in [4.69, 9.17) is 0 Å². The number of para-hydroxylation sites is 10. The standard InChI is InChI=1S/C47H28F4N6/c48-46(49)29-47(50,51)43-42(46)44(56-38-23-11-7-19-34(38)54(30-15-3-1-4-16-30)35-20-8-12-24-39(35)56)32(27-52)33(28-53)45(43)57-40-25-13-9-21-36(40)55(31-17-5-2-6-18-31)37-22-10-14-26-41(37)57/h1-26H,29H2. The number of nitrogens with zero attached hydrogens (tertiary/aromatic N) is 6. The molecule has 7 aromatic carbocycles. The number of hydrogen-bond acceptors (Lipinski definition) is 6. The van der Waals surface area contributed by atoms with Crippen molar-refractivity contribution >= 4 is 68.2 Å². The molecule has 2 heterocycles. The van der Waals surface area contributed by atoms with Crippen molar-refractivity contribution in [3.05, 3.63) is 180 Å². The molecule has 0 aromatic heterocycles. The summed E-state index contributed by atoms with van der Waals surface area (Å²) in [6.45, 7) is 0.